The smallest absolute Gasteiger partial charge is 0.239 e. The number of halogens is 2. The summed E-state index contributed by atoms with van der Waals surface area (Å²) < 4.78 is 49.9. The highest BCUT2D eigenvalue weighted by atomic mass is 32.2. The molecule has 1 N–H and O–H groups in total. The summed E-state index contributed by atoms with van der Waals surface area (Å²) in [6.07, 6.45) is 2.44. The SMILES string of the molecule is CCCCN(CC(=O)Nc1ccc(F)c(F)c1)S(C)(=O)=O. The molecule has 0 aromatic heterocycles. The summed E-state index contributed by atoms with van der Waals surface area (Å²) in [4.78, 5) is 11.8. The van der Waals surface area contributed by atoms with Gasteiger partial charge in [0.2, 0.25) is 15.9 Å². The molecule has 8 heteroatoms. The van der Waals surface area contributed by atoms with E-state index in [0.29, 0.717) is 6.42 Å². The highest BCUT2D eigenvalue weighted by molar-refractivity contribution is 7.88. The summed E-state index contributed by atoms with van der Waals surface area (Å²) >= 11 is 0. The van der Waals surface area contributed by atoms with Crippen molar-refractivity contribution in [3.05, 3.63) is 29.8 Å². The molecule has 0 atom stereocenters. The van der Waals surface area contributed by atoms with Gasteiger partial charge >= 0.3 is 0 Å². The Balaban J connectivity index is 2.71. The van der Waals surface area contributed by atoms with Crippen molar-refractivity contribution in [2.45, 2.75) is 19.8 Å². The van der Waals surface area contributed by atoms with Crippen molar-refractivity contribution in [3.63, 3.8) is 0 Å². The number of hydrogen-bond acceptors (Lipinski definition) is 3. The fourth-order valence-corrected chi connectivity index (χ4v) is 2.44. The van der Waals surface area contributed by atoms with Crippen LogP contribution in [0.25, 0.3) is 0 Å². The number of nitrogens with zero attached hydrogens (tertiary/aromatic N) is 1. The minimum absolute atomic E-state index is 0.0721. The molecule has 0 unspecified atom stereocenters. The molecule has 0 bridgehead atoms. The lowest BCUT2D eigenvalue weighted by Crippen LogP contribution is -2.38. The zero-order valence-electron chi connectivity index (χ0n) is 11.9. The molecule has 0 heterocycles. The van der Waals surface area contributed by atoms with E-state index in [1.807, 2.05) is 6.92 Å². The lowest BCUT2D eigenvalue weighted by molar-refractivity contribution is -0.116. The van der Waals surface area contributed by atoms with Gasteiger partial charge in [-0.05, 0) is 18.6 Å². The molecule has 1 rings (SSSR count). The highest BCUT2D eigenvalue weighted by Gasteiger charge is 2.19. The van der Waals surface area contributed by atoms with E-state index in [0.717, 1.165) is 29.1 Å². The Bertz CT molecular complexity index is 605. The van der Waals surface area contributed by atoms with E-state index in [1.165, 1.54) is 6.07 Å². The summed E-state index contributed by atoms with van der Waals surface area (Å²) in [7, 11) is -3.50. The van der Waals surface area contributed by atoms with Gasteiger partial charge in [-0.15, -0.1) is 0 Å². The molecule has 0 aliphatic rings. The molecule has 21 heavy (non-hydrogen) atoms. The molecule has 0 aliphatic heterocycles. The zero-order valence-corrected chi connectivity index (χ0v) is 12.7. The molecule has 0 fully saturated rings. The van der Waals surface area contributed by atoms with Crippen LogP contribution in [0.3, 0.4) is 0 Å². The lowest BCUT2D eigenvalue weighted by Gasteiger charge is -2.19. The Hall–Kier alpha value is -1.54. The van der Waals surface area contributed by atoms with Gasteiger partial charge in [0.25, 0.3) is 0 Å². The maximum atomic E-state index is 13.0. The molecule has 5 nitrogen and oxygen atoms in total. The molecule has 1 amide bonds. The fourth-order valence-electron chi connectivity index (χ4n) is 1.63. The fraction of sp³-hybridized carbons (Fsp3) is 0.462. The maximum absolute atomic E-state index is 13.0. The van der Waals surface area contributed by atoms with Crippen molar-refractivity contribution in [2.24, 2.45) is 0 Å². The van der Waals surface area contributed by atoms with E-state index >= 15 is 0 Å². The quantitative estimate of drug-likeness (QED) is 0.835. The number of amides is 1. The van der Waals surface area contributed by atoms with Gasteiger partial charge in [0, 0.05) is 18.3 Å². The molecular formula is C13H18F2N2O3S. The Kier molecular flexibility index (Phi) is 6.22. The molecule has 0 saturated carbocycles. The minimum Gasteiger partial charge on any atom is -0.325 e. The average Bonchev–Trinajstić information content (AvgIpc) is 2.37. The second-order valence-corrected chi connectivity index (χ2v) is 6.61. The predicted octanol–water partition coefficient (Wildman–Crippen LogP) is 1.96. The van der Waals surface area contributed by atoms with Crippen LogP contribution in [-0.2, 0) is 14.8 Å². The Morgan fingerprint density at radius 1 is 1.29 bits per heavy atom. The molecule has 1 aromatic rings. The van der Waals surface area contributed by atoms with Crippen LogP contribution >= 0.6 is 0 Å². The number of benzene rings is 1. The van der Waals surface area contributed by atoms with E-state index in [2.05, 4.69) is 5.32 Å². The Morgan fingerprint density at radius 2 is 1.95 bits per heavy atom. The first-order valence-corrected chi connectivity index (χ1v) is 8.29. The molecular weight excluding hydrogens is 302 g/mol. The second kappa shape index (κ2) is 7.46. The number of hydrogen-bond donors (Lipinski definition) is 1. The zero-order chi connectivity index (χ0) is 16.0. The number of carbonyl (C=O) groups is 1. The van der Waals surface area contributed by atoms with E-state index in [4.69, 9.17) is 0 Å². The lowest BCUT2D eigenvalue weighted by atomic mass is 10.3. The molecule has 118 valence electrons. The van der Waals surface area contributed by atoms with Gasteiger partial charge in [0.1, 0.15) is 0 Å². The molecule has 0 aliphatic carbocycles. The third-order valence-electron chi connectivity index (χ3n) is 2.75. The third-order valence-corrected chi connectivity index (χ3v) is 4.00. The summed E-state index contributed by atoms with van der Waals surface area (Å²) in [6.45, 7) is 1.78. The van der Waals surface area contributed by atoms with Crippen LogP contribution < -0.4 is 5.32 Å². The summed E-state index contributed by atoms with van der Waals surface area (Å²) in [5.41, 5.74) is 0.0721. The van der Waals surface area contributed by atoms with Crippen molar-refractivity contribution in [1.29, 1.82) is 0 Å². The van der Waals surface area contributed by atoms with E-state index in [-0.39, 0.29) is 18.8 Å². The Labute approximate surface area is 123 Å². The highest BCUT2D eigenvalue weighted by Crippen LogP contribution is 2.13. The number of nitrogens with one attached hydrogen (secondary N) is 1. The van der Waals surface area contributed by atoms with Crippen LogP contribution in [0.5, 0.6) is 0 Å². The van der Waals surface area contributed by atoms with Crippen molar-refractivity contribution >= 4 is 21.6 Å². The average molecular weight is 320 g/mol. The van der Waals surface area contributed by atoms with Gasteiger partial charge in [0.05, 0.1) is 12.8 Å². The summed E-state index contributed by atoms with van der Waals surface area (Å²) in [5, 5.41) is 2.34. The second-order valence-electron chi connectivity index (χ2n) is 4.63. The van der Waals surface area contributed by atoms with Crippen molar-refractivity contribution in [3.8, 4) is 0 Å². The van der Waals surface area contributed by atoms with Crippen LogP contribution in [-0.4, -0.2) is 38.0 Å². The molecule has 0 spiro atoms. The Morgan fingerprint density at radius 3 is 2.48 bits per heavy atom. The van der Waals surface area contributed by atoms with E-state index in [1.54, 1.807) is 0 Å². The minimum atomic E-state index is -3.50. The first-order chi connectivity index (χ1) is 9.74. The van der Waals surface area contributed by atoms with Crippen molar-refractivity contribution < 1.29 is 22.0 Å². The monoisotopic (exact) mass is 320 g/mol. The van der Waals surface area contributed by atoms with E-state index in [9.17, 15) is 22.0 Å². The van der Waals surface area contributed by atoms with Gasteiger partial charge < -0.3 is 5.32 Å². The van der Waals surface area contributed by atoms with Crippen molar-refractivity contribution in [1.82, 2.24) is 4.31 Å². The van der Waals surface area contributed by atoms with Crippen LogP contribution in [0.15, 0.2) is 18.2 Å². The number of anilines is 1. The largest absolute Gasteiger partial charge is 0.325 e. The number of rotatable bonds is 7. The topological polar surface area (TPSA) is 66.5 Å². The van der Waals surface area contributed by atoms with Crippen molar-refractivity contribution in [2.75, 3.05) is 24.7 Å². The van der Waals surface area contributed by atoms with Gasteiger partial charge in [-0.3, -0.25) is 4.79 Å². The molecule has 0 saturated heterocycles. The van der Waals surface area contributed by atoms with Gasteiger partial charge in [0.15, 0.2) is 11.6 Å². The summed E-state index contributed by atoms with van der Waals surface area (Å²) in [5.74, 6) is -2.71. The number of sulfonamides is 1. The molecule has 1 aromatic carbocycles. The predicted molar refractivity (Wildman–Crippen MR) is 76.3 cm³/mol. The van der Waals surface area contributed by atoms with Gasteiger partial charge in [-0.25, -0.2) is 17.2 Å². The van der Waals surface area contributed by atoms with Crippen LogP contribution in [0.4, 0.5) is 14.5 Å². The summed E-state index contributed by atoms with van der Waals surface area (Å²) in [6, 6.07) is 2.92. The first-order valence-electron chi connectivity index (χ1n) is 6.44. The van der Waals surface area contributed by atoms with Crippen LogP contribution in [0.1, 0.15) is 19.8 Å². The number of unbranched alkanes of at least 4 members (excludes halogenated alkanes) is 1. The van der Waals surface area contributed by atoms with Crippen LogP contribution in [0, 0.1) is 11.6 Å². The normalized spacial score (nSPS) is 11.7. The third kappa shape index (κ3) is 5.76. The standard InChI is InChI=1S/C13H18F2N2O3S/c1-3-4-7-17(21(2,19)20)9-13(18)16-10-5-6-11(14)12(15)8-10/h5-6,8H,3-4,7,9H2,1-2H3,(H,16,18). The van der Waals surface area contributed by atoms with Gasteiger partial charge in [-0.2, -0.15) is 4.31 Å². The first kappa shape index (κ1) is 17.5. The maximum Gasteiger partial charge on any atom is 0.239 e. The number of carbonyl (C=O) groups excluding carboxylic acids is 1. The van der Waals surface area contributed by atoms with Crippen LogP contribution in [0.2, 0.25) is 0 Å². The van der Waals surface area contributed by atoms with Gasteiger partial charge in [-0.1, -0.05) is 13.3 Å². The molecule has 0 radical (unpaired) electrons. The van der Waals surface area contributed by atoms with E-state index < -0.39 is 27.6 Å².